The third-order valence-electron chi connectivity index (χ3n) is 2.57. The highest BCUT2D eigenvalue weighted by Gasteiger charge is 2.26. The summed E-state index contributed by atoms with van der Waals surface area (Å²) in [4.78, 5) is 3.90. The molecule has 3 N–H and O–H groups in total. The average Bonchev–Trinajstić information content (AvgIpc) is 2.37. The van der Waals surface area contributed by atoms with Gasteiger partial charge in [-0.2, -0.15) is 5.26 Å². The van der Waals surface area contributed by atoms with Gasteiger partial charge in [-0.3, -0.25) is 0 Å². The van der Waals surface area contributed by atoms with Gasteiger partial charge < -0.3 is 15.5 Å². The number of aliphatic hydroxyl groups is 2. The van der Waals surface area contributed by atoms with Crippen molar-refractivity contribution >= 4 is 5.69 Å². The summed E-state index contributed by atoms with van der Waals surface area (Å²) >= 11 is 0. The van der Waals surface area contributed by atoms with E-state index in [1.807, 2.05) is 13.0 Å². The Hall–Kier alpha value is -1.64. The van der Waals surface area contributed by atoms with Gasteiger partial charge in [-0.05, 0) is 18.6 Å². The fourth-order valence-electron chi connectivity index (χ4n) is 1.28. The van der Waals surface area contributed by atoms with Crippen molar-refractivity contribution < 1.29 is 10.2 Å². The molecule has 5 nitrogen and oxygen atoms in total. The van der Waals surface area contributed by atoms with Gasteiger partial charge in [-0.1, -0.05) is 6.92 Å². The van der Waals surface area contributed by atoms with Gasteiger partial charge in [0, 0.05) is 0 Å². The molecule has 1 rings (SSSR count). The highest BCUT2D eigenvalue weighted by atomic mass is 16.3. The number of rotatable bonds is 5. The van der Waals surface area contributed by atoms with Crippen molar-refractivity contribution in [1.82, 2.24) is 4.98 Å². The van der Waals surface area contributed by atoms with Crippen LogP contribution >= 0.6 is 0 Å². The van der Waals surface area contributed by atoms with Crippen LogP contribution in [0, 0.1) is 11.3 Å². The zero-order valence-corrected chi connectivity index (χ0v) is 9.14. The van der Waals surface area contributed by atoms with Gasteiger partial charge in [-0.15, -0.1) is 0 Å². The maximum atomic E-state index is 9.24. The molecule has 1 heterocycles. The molecule has 0 aliphatic heterocycles. The van der Waals surface area contributed by atoms with Crippen molar-refractivity contribution in [2.75, 3.05) is 18.5 Å². The molecule has 0 aliphatic carbocycles. The first kappa shape index (κ1) is 12.4. The standard InChI is InChI=1S/C11H15N3O2/c1-2-11(7-15,8-16)14-10-4-3-9(5-12)13-6-10/h3-4,6,14-16H,2,7-8H2,1H3. The van der Waals surface area contributed by atoms with E-state index >= 15 is 0 Å². The Morgan fingerprint density at radius 1 is 1.44 bits per heavy atom. The summed E-state index contributed by atoms with van der Waals surface area (Å²) in [6.07, 6.45) is 2.09. The molecule has 16 heavy (non-hydrogen) atoms. The number of nitrogens with one attached hydrogen (secondary N) is 1. The van der Waals surface area contributed by atoms with E-state index in [4.69, 9.17) is 5.26 Å². The maximum Gasteiger partial charge on any atom is 0.140 e. The van der Waals surface area contributed by atoms with Crippen LogP contribution < -0.4 is 5.32 Å². The number of nitriles is 1. The third-order valence-corrected chi connectivity index (χ3v) is 2.57. The molecular formula is C11H15N3O2. The first-order chi connectivity index (χ1) is 7.69. The number of anilines is 1. The minimum absolute atomic E-state index is 0.167. The van der Waals surface area contributed by atoms with Gasteiger partial charge in [0.1, 0.15) is 11.8 Å². The van der Waals surface area contributed by atoms with Gasteiger partial charge in [0.05, 0.1) is 30.6 Å². The van der Waals surface area contributed by atoms with E-state index < -0.39 is 5.54 Å². The topological polar surface area (TPSA) is 89.2 Å². The van der Waals surface area contributed by atoms with Crippen LogP contribution in [0.2, 0.25) is 0 Å². The number of hydrogen-bond acceptors (Lipinski definition) is 5. The van der Waals surface area contributed by atoms with Crippen LogP contribution in [0.25, 0.3) is 0 Å². The second-order valence-electron chi connectivity index (χ2n) is 3.62. The predicted molar refractivity (Wildman–Crippen MR) is 59.8 cm³/mol. The molecule has 0 bridgehead atoms. The number of aromatic nitrogens is 1. The lowest BCUT2D eigenvalue weighted by Crippen LogP contribution is -2.45. The van der Waals surface area contributed by atoms with Gasteiger partial charge in [-0.25, -0.2) is 4.98 Å². The molecule has 86 valence electrons. The van der Waals surface area contributed by atoms with Crippen molar-refractivity contribution in [1.29, 1.82) is 5.26 Å². The fourth-order valence-corrected chi connectivity index (χ4v) is 1.28. The third kappa shape index (κ3) is 2.69. The zero-order valence-electron chi connectivity index (χ0n) is 9.14. The van der Waals surface area contributed by atoms with Crippen molar-refractivity contribution in [3.63, 3.8) is 0 Å². The van der Waals surface area contributed by atoms with Crippen LogP contribution in [0.4, 0.5) is 5.69 Å². The summed E-state index contributed by atoms with van der Waals surface area (Å²) in [5, 5.41) is 30.1. The predicted octanol–water partition coefficient (Wildman–Crippen LogP) is 0.499. The van der Waals surface area contributed by atoms with E-state index in [9.17, 15) is 10.2 Å². The van der Waals surface area contributed by atoms with Crippen LogP contribution in [-0.2, 0) is 0 Å². The molecule has 0 unspecified atom stereocenters. The van der Waals surface area contributed by atoms with E-state index in [1.54, 1.807) is 12.1 Å². The summed E-state index contributed by atoms with van der Waals surface area (Å²) < 4.78 is 0. The number of hydrogen-bond donors (Lipinski definition) is 3. The molecular weight excluding hydrogens is 206 g/mol. The van der Waals surface area contributed by atoms with Gasteiger partial charge in [0.25, 0.3) is 0 Å². The van der Waals surface area contributed by atoms with Crippen LogP contribution in [0.3, 0.4) is 0 Å². The Bertz CT molecular complexity index is 358. The lowest BCUT2D eigenvalue weighted by Gasteiger charge is -2.30. The van der Waals surface area contributed by atoms with Crippen molar-refractivity contribution in [2.45, 2.75) is 18.9 Å². The molecule has 5 heteroatoms. The minimum atomic E-state index is -0.740. The Morgan fingerprint density at radius 2 is 2.12 bits per heavy atom. The molecule has 0 atom stereocenters. The van der Waals surface area contributed by atoms with E-state index in [2.05, 4.69) is 10.3 Å². The highest BCUT2D eigenvalue weighted by molar-refractivity contribution is 5.45. The van der Waals surface area contributed by atoms with E-state index in [-0.39, 0.29) is 13.2 Å². The molecule has 0 radical (unpaired) electrons. The largest absolute Gasteiger partial charge is 0.394 e. The monoisotopic (exact) mass is 221 g/mol. The molecule has 0 amide bonds. The Balaban J connectivity index is 2.82. The Labute approximate surface area is 94.4 Å². The van der Waals surface area contributed by atoms with Gasteiger partial charge >= 0.3 is 0 Å². The smallest absolute Gasteiger partial charge is 0.140 e. The SMILES string of the molecule is CCC(CO)(CO)Nc1ccc(C#N)nc1. The van der Waals surface area contributed by atoms with Crippen LogP contribution in [0.5, 0.6) is 0 Å². The summed E-state index contributed by atoms with van der Waals surface area (Å²) in [5.74, 6) is 0. The lowest BCUT2D eigenvalue weighted by molar-refractivity contribution is 0.132. The molecule has 0 saturated heterocycles. The van der Waals surface area contributed by atoms with Gasteiger partial charge in [0.15, 0.2) is 0 Å². The zero-order chi connectivity index (χ0) is 12.0. The second kappa shape index (κ2) is 5.45. The molecule has 0 saturated carbocycles. The van der Waals surface area contributed by atoms with E-state index in [1.165, 1.54) is 6.20 Å². The minimum Gasteiger partial charge on any atom is -0.394 e. The van der Waals surface area contributed by atoms with Crippen molar-refractivity contribution in [3.05, 3.63) is 24.0 Å². The summed E-state index contributed by atoms with van der Waals surface area (Å²) in [5.41, 5.74) is 0.264. The first-order valence-electron chi connectivity index (χ1n) is 5.05. The van der Waals surface area contributed by atoms with E-state index in [0.717, 1.165) is 0 Å². The number of nitrogens with zero attached hydrogens (tertiary/aromatic N) is 2. The fraction of sp³-hybridized carbons (Fsp3) is 0.455. The van der Waals surface area contributed by atoms with Crippen molar-refractivity contribution in [3.8, 4) is 6.07 Å². The quantitative estimate of drug-likeness (QED) is 0.673. The summed E-state index contributed by atoms with van der Waals surface area (Å²) in [6, 6.07) is 5.20. The van der Waals surface area contributed by atoms with Crippen LogP contribution in [0.1, 0.15) is 19.0 Å². The van der Waals surface area contributed by atoms with Crippen molar-refractivity contribution in [2.24, 2.45) is 0 Å². The van der Waals surface area contributed by atoms with Crippen LogP contribution in [-0.4, -0.2) is 33.9 Å². The average molecular weight is 221 g/mol. The molecule has 0 fully saturated rings. The molecule has 0 spiro atoms. The highest BCUT2D eigenvalue weighted by Crippen LogP contribution is 2.17. The second-order valence-corrected chi connectivity index (χ2v) is 3.62. The summed E-state index contributed by atoms with van der Waals surface area (Å²) in [6.45, 7) is 1.54. The molecule has 1 aromatic heterocycles. The first-order valence-corrected chi connectivity index (χ1v) is 5.05. The normalized spacial score (nSPS) is 10.9. The molecule has 0 aromatic carbocycles. The van der Waals surface area contributed by atoms with Crippen LogP contribution in [0.15, 0.2) is 18.3 Å². The molecule has 1 aromatic rings. The maximum absolute atomic E-state index is 9.24. The summed E-state index contributed by atoms with van der Waals surface area (Å²) in [7, 11) is 0. The number of pyridine rings is 1. The van der Waals surface area contributed by atoms with E-state index in [0.29, 0.717) is 17.8 Å². The Kier molecular flexibility index (Phi) is 4.23. The Morgan fingerprint density at radius 3 is 2.50 bits per heavy atom. The number of aliphatic hydroxyl groups excluding tert-OH is 2. The molecule has 0 aliphatic rings. The lowest BCUT2D eigenvalue weighted by atomic mass is 9.98. The van der Waals surface area contributed by atoms with Gasteiger partial charge in [0.2, 0.25) is 0 Å².